The van der Waals surface area contributed by atoms with Crippen LogP contribution < -0.4 is 0 Å². The molecule has 1 aliphatic carbocycles. The molecule has 0 bridgehead atoms. The number of benzene rings is 1. The zero-order valence-electron chi connectivity index (χ0n) is 15.7. The van der Waals surface area contributed by atoms with Crippen molar-refractivity contribution in [1.29, 1.82) is 0 Å². The van der Waals surface area contributed by atoms with Crippen LogP contribution in [0.1, 0.15) is 47.1 Å². The second-order valence-corrected chi connectivity index (χ2v) is 7.36. The SMILES string of the molecule is Cc1cc(C)cc(-n2nc(C(=O)N(CC(C)C(=O)O)C3CC3)cc2C)c1. The second kappa shape index (κ2) is 6.94. The number of carboxylic acids is 1. The molecular weight excluding hydrogens is 330 g/mol. The average molecular weight is 355 g/mol. The lowest BCUT2D eigenvalue weighted by Gasteiger charge is -2.23. The zero-order chi connectivity index (χ0) is 19.0. The molecule has 1 aromatic carbocycles. The van der Waals surface area contributed by atoms with E-state index in [-0.39, 0.29) is 18.5 Å². The van der Waals surface area contributed by atoms with E-state index in [1.807, 2.05) is 32.9 Å². The number of carboxylic acid groups (broad SMARTS) is 1. The van der Waals surface area contributed by atoms with Gasteiger partial charge in [0, 0.05) is 18.3 Å². The summed E-state index contributed by atoms with van der Waals surface area (Å²) in [4.78, 5) is 25.8. The van der Waals surface area contributed by atoms with Gasteiger partial charge in [-0.3, -0.25) is 9.59 Å². The van der Waals surface area contributed by atoms with Gasteiger partial charge >= 0.3 is 5.97 Å². The Morgan fingerprint density at radius 2 is 1.81 bits per heavy atom. The van der Waals surface area contributed by atoms with E-state index in [1.165, 1.54) is 0 Å². The number of aliphatic carboxylic acids is 1. The molecule has 1 aromatic heterocycles. The average Bonchev–Trinajstić information content (AvgIpc) is 3.32. The third-order valence-corrected chi connectivity index (χ3v) is 4.70. The first-order valence-corrected chi connectivity index (χ1v) is 8.95. The summed E-state index contributed by atoms with van der Waals surface area (Å²) in [6.07, 6.45) is 1.85. The van der Waals surface area contributed by atoms with Crippen molar-refractivity contribution in [2.24, 2.45) is 5.92 Å². The molecule has 6 nitrogen and oxygen atoms in total. The van der Waals surface area contributed by atoms with Crippen LogP contribution in [-0.2, 0) is 4.79 Å². The number of nitrogens with zero attached hydrogens (tertiary/aromatic N) is 3. The molecule has 0 aliphatic heterocycles. The van der Waals surface area contributed by atoms with Gasteiger partial charge < -0.3 is 10.0 Å². The Kier molecular flexibility index (Phi) is 4.85. The normalized spacial score (nSPS) is 14.9. The predicted octanol–water partition coefficient (Wildman–Crippen LogP) is 3.12. The Morgan fingerprint density at radius 3 is 2.35 bits per heavy atom. The van der Waals surface area contributed by atoms with E-state index < -0.39 is 11.9 Å². The molecule has 3 rings (SSSR count). The van der Waals surface area contributed by atoms with Crippen LogP contribution in [0.25, 0.3) is 5.69 Å². The minimum atomic E-state index is -0.889. The summed E-state index contributed by atoms with van der Waals surface area (Å²) in [5.41, 5.74) is 4.44. The fraction of sp³-hybridized carbons (Fsp3) is 0.450. The molecule has 1 N–H and O–H groups in total. The molecule has 138 valence electrons. The maximum atomic E-state index is 13.0. The third-order valence-electron chi connectivity index (χ3n) is 4.70. The van der Waals surface area contributed by atoms with E-state index in [4.69, 9.17) is 0 Å². The van der Waals surface area contributed by atoms with Crippen molar-refractivity contribution in [3.63, 3.8) is 0 Å². The summed E-state index contributed by atoms with van der Waals surface area (Å²) in [7, 11) is 0. The lowest BCUT2D eigenvalue weighted by molar-refractivity contribution is -0.141. The van der Waals surface area contributed by atoms with Crippen molar-refractivity contribution in [2.45, 2.75) is 46.6 Å². The van der Waals surface area contributed by atoms with Crippen LogP contribution in [0, 0.1) is 26.7 Å². The first kappa shape index (κ1) is 18.2. The molecule has 1 saturated carbocycles. The summed E-state index contributed by atoms with van der Waals surface area (Å²) in [5.74, 6) is -1.67. The van der Waals surface area contributed by atoms with Crippen molar-refractivity contribution in [2.75, 3.05) is 6.54 Å². The fourth-order valence-corrected chi connectivity index (χ4v) is 3.22. The number of carbonyl (C=O) groups excluding carboxylic acids is 1. The Bertz CT molecular complexity index is 832. The van der Waals surface area contributed by atoms with Crippen LogP contribution in [0.3, 0.4) is 0 Å². The topological polar surface area (TPSA) is 75.4 Å². The van der Waals surface area contributed by atoms with Crippen LogP contribution in [0.15, 0.2) is 24.3 Å². The molecule has 1 unspecified atom stereocenters. The van der Waals surface area contributed by atoms with Gasteiger partial charge in [-0.15, -0.1) is 0 Å². The second-order valence-electron chi connectivity index (χ2n) is 7.36. The molecule has 1 heterocycles. The van der Waals surface area contributed by atoms with Crippen LogP contribution in [0.5, 0.6) is 0 Å². The summed E-state index contributed by atoms with van der Waals surface area (Å²) in [5, 5.41) is 13.7. The maximum absolute atomic E-state index is 13.0. The van der Waals surface area contributed by atoms with E-state index in [0.29, 0.717) is 5.69 Å². The lowest BCUT2D eigenvalue weighted by Crippen LogP contribution is -2.38. The van der Waals surface area contributed by atoms with Gasteiger partial charge in [0.15, 0.2) is 5.69 Å². The van der Waals surface area contributed by atoms with Crippen LogP contribution in [-0.4, -0.2) is 44.3 Å². The number of carbonyl (C=O) groups is 2. The van der Waals surface area contributed by atoms with Gasteiger partial charge in [0.1, 0.15) is 0 Å². The third kappa shape index (κ3) is 3.79. The largest absolute Gasteiger partial charge is 0.481 e. The minimum absolute atomic E-state index is 0.135. The molecule has 0 radical (unpaired) electrons. The number of rotatable bonds is 6. The van der Waals surface area contributed by atoms with Crippen LogP contribution in [0.2, 0.25) is 0 Å². The number of hydrogen-bond acceptors (Lipinski definition) is 3. The lowest BCUT2D eigenvalue weighted by atomic mass is 10.1. The number of aryl methyl sites for hydroxylation is 3. The molecule has 6 heteroatoms. The van der Waals surface area contributed by atoms with Gasteiger partial charge in [0.25, 0.3) is 5.91 Å². The summed E-state index contributed by atoms with van der Waals surface area (Å²) in [6.45, 7) is 7.83. The van der Waals surface area contributed by atoms with E-state index >= 15 is 0 Å². The molecular formula is C20H25N3O3. The van der Waals surface area contributed by atoms with Gasteiger partial charge in [-0.2, -0.15) is 5.10 Å². The number of amides is 1. The Labute approximate surface area is 153 Å². The Balaban J connectivity index is 1.89. The number of aromatic nitrogens is 2. The standard InChI is InChI=1S/C20H25N3O3/c1-12-7-13(2)9-17(8-12)23-15(4)10-18(21-23)19(24)22(16-5-6-16)11-14(3)20(25)26/h7-10,14,16H,5-6,11H2,1-4H3,(H,25,26). The number of hydrogen-bond donors (Lipinski definition) is 1. The Hall–Kier alpha value is -2.63. The molecule has 1 atom stereocenters. The van der Waals surface area contributed by atoms with E-state index in [1.54, 1.807) is 22.6 Å². The predicted molar refractivity (Wildman–Crippen MR) is 98.6 cm³/mol. The molecule has 1 aliphatic rings. The van der Waals surface area contributed by atoms with Crippen molar-refractivity contribution in [3.05, 3.63) is 46.8 Å². The van der Waals surface area contributed by atoms with Crippen molar-refractivity contribution >= 4 is 11.9 Å². The van der Waals surface area contributed by atoms with E-state index in [0.717, 1.165) is 35.3 Å². The first-order valence-electron chi connectivity index (χ1n) is 8.95. The molecule has 1 fully saturated rings. The molecule has 0 spiro atoms. The van der Waals surface area contributed by atoms with E-state index in [2.05, 4.69) is 11.2 Å². The molecule has 1 amide bonds. The molecule has 2 aromatic rings. The van der Waals surface area contributed by atoms with Crippen molar-refractivity contribution in [3.8, 4) is 5.69 Å². The van der Waals surface area contributed by atoms with Crippen molar-refractivity contribution < 1.29 is 14.7 Å². The van der Waals surface area contributed by atoms with Crippen molar-refractivity contribution in [1.82, 2.24) is 14.7 Å². The zero-order valence-corrected chi connectivity index (χ0v) is 15.7. The highest BCUT2D eigenvalue weighted by molar-refractivity contribution is 5.93. The quantitative estimate of drug-likeness (QED) is 0.864. The highest BCUT2D eigenvalue weighted by Crippen LogP contribution is 2.29. The summed E-state index contributed by atoms with van der Waals surface area (Å²) in [6, 6.07) is 8.08. The highest BCUT2D eigenvalue weighted by Gasteiger charge is 2.36. The minimum Gasteiger partial charge on any atom is -0.481 e. The first-order chi connectivity index (χ1) is 12.3. The smallest absolute Gasteiger partial charge is 0.308 e. The Morgan fingerprint density at radius 1 is 1.19 bits per heavy atom. The summed E-state index contributed by atoms with van der Waals surface area (Å²) >= 11 is 0. The monoisotopic (exact) mass is 355 g/mol. The summed E-state index contributed by atoms with van der Waals surface area (Å²) < 4.78 is 1.78. The van der Waals surface area contributed by atoms with Gasteiger partial charge in [0.05, 0.1) is 11.6 Å². The molecule has 26 heavy (non-hydrogen) atoms. The van der Waals surface area contributed by atoms with Gasteiger partial charge in [0.2, 0.25) is 0 Å². The van der Waals surface area contributed by atoms with Gasteiger partial charge in [-0.1, -0.05) is 13.0 Å². The fourth-order valence-electron chi connectivity index (χ4n) is 3.22. The van der Waals surface area contributed by atoms with Crippen LogP contribution >= 0.6 is 0 Å². The van der Waals surface area contributed by atoms with E-state index in [9.17, 15) is 14.7 Å². The van der Waals surface area contributed by atoms with Gasteiger partial charge in [-0.05, 0) is 62.9 Å². The highest BCUT2D eigenvalue weighted by atomic mass is 16.4. The van der Waals surface area contributed by atoms with Crippen LogP contribution in [0.4, 0.5) is 0 Å². The maximum Gasteiger partial charge on any atom is 0.308 e. The van der Waals surface area contributed by atoms with Gasteiger partial charge in [-0.25, -0.2) is 4.68 Å². The molecule has 0 saturated heterocycles.